The quantitative estimate of drug-likeness (QED) is 0.810. The first-order chi connectivity index (χ1) is 10.0. The molecule has 1 atom stereocenters. The van der Waals surface area contributed by atoms with Gasteiger partial charge in [-0.3, -0.25) is 4.31 Å². The molecule has 1 saturated heterocycles. The van der Waals surface area contributed by atoms with E-state index in [9.17, 15) is 8.42 Å². The van der Waals surface area contributed by atoms with Gasteiger partial charge in [0.25, 0.3) is 0 Å². The van der Waals surface area contributed by atoms with Crippen LogP contribution in [0.4, 0.5) is 5.69 Å². The largest absolute Gasteiger partial charge is 0.270 e. The van der Waals surface area contributed by atoms with Crippen LogP contribution in [0.25, 0.3) is 10.8 Å². The van der Waals surface area contributed by atoms with E-state index in [1.165, 1.54) is 4.31 Å². The highest BCUT2D eigenvalue weighted by Gasteiger charge is 2.29. The van der Waals surface area contributed by atoms with Crippen molar-refractivity contribution in [1.82, 2.24) is 4.98 Å². The van der Waals surface area contributed by atoms with Crippen molar-refractivity contribution >= 4 is 26.5 Å². The third-order valence-electron chi connectivity index (χ3n) is 3.82. The van der Waals surface area contributed by atoms with E-state index in [1.54, 1.807) is 24.4 Å². The topological polar surface area (TPSA) is 74.1 Å². The lowest BCUT2D eigenvalue weighted by molar-refractivity contribution is 0.516. The van der Waals surface area contributed by atoms with E-state index >= 15 is 0 Å². The summed E-state index contributed by atoms with van der Waals surface area (Å²) in [6.07, 6.45) is 2.27. The van der Waals surface area contributed by atoms with Crippen LogP contribution in [0.5, 0.6) is 0 Å². The Morgan fingerprint density at radius 3 is 2.95 bits per heavy atom. The number of pyridine rings is 1. The predicted molar refractivity (Wildman–Crippen MR) is 81.4 cm³/mol. The van der Waals surface area contributed by atoms with E-state index in [1.807, 2.05) is 12.1 Å². The number of nitriles is 1. The lowest BCUT2D eigenvalue weighted by atomic mass is 10.1. The number of sulfonamides is 1. The summed E-state index contributed by atoms with van der Waals surface area (Å²) in [4.78, 5) is 4.02. The van der Waals surface area contributed by atoms with Crippen LogP contribution in [0.3, 0.4) is 0 Å². The first-order valence-electron chi connectivity index (χ1n) is 6.80. The second-order valence-electron chi connectivity index (χ2n) is 5.42. The van der Waals surface area contributed by atoms with Gasteiger partial charge in [0, 0.05) is 18.1 Å². The van der Waals surface area contributed by atoms with Crippen LogP contribution in [-0.2, 0) is 10.0 Å². The molecule has 5 nitrogen and oxygen atoms in total. The number of hydrogen-bond donors (Lipinski definition) is 0. The number of hydrogen-bond acceptors (Lipinski definition) is 4. The Morgan fingerprint density at radius 2 is 2.19 bits per heavy atom. The molecule has 2 heterocycles. The van der Waals surface area contributed by atoms with Crippen LogP contribution < -0.4 is 4.31 Å². The standard InChI is InChI=1S/C15H15N3O2S/c1-11-5-7-21(19,20)18(10-11)13-2-3-14-12(8-13)4-6-17-15(14)9-16/h2-4,6,8,11H,5,7,10H2,1H3/t11-/m1/s1. The number of anilines is 1. The summed E-state index contributed by atoms with van der Waals surface area (Å²) >= 11 is 0. The van der Waals surface area contributed by atoms with Crippen LogP contribution >= 0.6 is 0 Å². The van der Waals surface area contributed by atoms with Crippen LogP contribution in [0, 0.1) is 17.2 Å². The molecule has 108 valence electrons. The molecule has 6 heteroatoms. The Hall–Kier alpha value is -2.13. The minimum atomic E-state index is -3.24. The number of rotatable bonds is 1. The first kappa shape index (κ1) is 13.8. The molecule has 0 bridgehead atoms. The molecule has 1 aliphatic rings. The molecule has 0 saturated carbocycles. The van der Waals surface area contributed by atoms with Crippen molar-refractivity contribution in [3.05, 3.63) is 36.2 Å². The SMILES string of the molecule is C[C@@H]1CCS(=O)(=O)N(c2ccc3c(C#N)nccc3c2)C1. The zero-order valence-corrected chi connectivity index (χ0v) is 12.5. The maximum absolute atomic E-state index is 12.2. The molecule has 0 spiro atoms. The highest BCUT2D eigenvalue weighted by atomic mass is 32.2. The smallest absolute Gasteiger partial charge is 0.235 e. The van der Waals surface area contributed by atoms with Gasteiger partial charge in [0.15, 0.2) is 0 Å². The van der Waals surface area contributed by atoms with Crippen molar-refractivity contribution in [1.29, 1.82) is 5.26 Å². The Kier molecular flexibility index (Phi) is 3.30. The average molecular weight is 301 g/mol. The first-order valence-corrected chi connectivity index (χ1v) is 8.41. The summed E-state index contributed by atoms with van der Waals surface area (Å²) in [5, 5.41) is 10.6. The second kappa shape index (κ2) is 5.01. The molecule has 1 aromatic heterocycles. The van der Waals surface area contributed by atoms with Crippen molar-refractivity contribution in [3.63, 3.8) is 0 Å². The molecule has 0 aliphatic carbocycles. The Labute approximate surface area is 123 Å². The van der Waals surface area contributed by atoms with Crippen LogP contribution in [0.15, 0.2) is 30.5 Å². The van der Waals surface area contributed by atoms with Crippen molar-refractivity contribution in [2.75, 3.05) is 16.6 Å². The fraction of sp³-hybridized carbons (Fsp3) is 0.333. The van der Waals surface area contributed by atoms with E-state index in [4.69, 9.17) is 5.26 Å². The van der Waals surface area contributed by atoms with Crippen molar-refractivity contribution in [3.8, 4) is 6.07 Å². The third kappa shape index (κ3) is 2.45. The monoisotopic (exact) mass is 301 g/mol. The van der Waals surface area contributed by atoms with E-state index in [2.05, 4.69) is 11.9 Å². The average Bonchev–Trinajstić information content (AvgIpc) is 2.48. The maximum atomic E-state index is 12.2. The predicted octanol–water partition coefficient (Wildman–Crippen LogP) is 2.28. The van der Waals surface area contributed by atoms with Gasteiger partial charge in [0.1, 0.15) is 11.8 Å². The molecule has 0 N–H and O–H groups in total. The zero-order valence-electron chi connectivity index (χ0n) is 11.7. The van der Waals surface area contributed by atoms with Gasteiger partial charge in [-0.1, -0.05) is 6.92 Å². The fourth-order valence-corrected chi connectivity index (χ4v) is 4.46. The Balaban J connectivity index is 2.11. The summed E-state index contributed by atoms with van der Waals surface area (Å²) in [6, 6.07) is 9.17. The molecule has 1 aliphatic heterocycles. The second-order valence-corrected chi connectivity index (χ2v) is 7.43. The number of benzene rings is 1. The molecule has 21 heavy (non-hydrogen) atoms. The van der Waals surface area contributed by atoms with Crippen molar-refractivity contribution in [2.24, 2.45) is 5.92 Å². The molecule has 0 unspecified atom stereocenters. The van der Waals surface area contributed by atoms with Gasteiger partial charge in [-0.05, 0) is 42.0 Å². The molecule has 1 fully saturated rings. The normalized spacial score (nSPS) is 21.1. The molecule has 0 radical (unpaired) electrons. The van der Waals surface area contributed by atoms with Gasteiger partial charge >= 0.3 is 0 Å². The molecule has 1 aromatic carbocycles. The Morgan fingerprint density at radius 1 is 1.38 bits per heavy atom. The summed E-state index contributed by atoms with van der Waals surface area (Å²) in [5.74, 6) is 0.530. The van der Waals surface area contributed by atoms with E-state index in [0.29, 0.717) is 30.3 Å². The van der Waals surface area contributed by atoms with Crippen molar-refractivity contribution < 1.29 is 8.42 Å². The van der Waals surface area contributed by atoms with E-state index < -0.39 is 10.0 Å². The molecule has 0 amide bonds. The van der Waals surface area contributed by atoms with Crippen LogP contribution in [-0.4, -0.2) is 25.7 Å². The molecular weight excluding hydrogens is 286 g/mol. The minimum Gasteiger partial charge on any atom is -0.270 e. The molecule has 2 aromatic rings. The third-order valence-corrected chi connectivity index (χ3v) is 5.61. The lowest BCUT2D eigenvalue weighted by Gasteiger charge is -2.32. The highest BCUT2D eigenvalue weighted by Crippen LogP contribution is 2.29. The number of aromatic nitrogens is 1. The van der Waals surface area contributed by atoms with Gasteiger partial charge < -0.3 is 0 Å². The minimum absolute atomic E-state index is 0.187. The summed E-state index contributed by atoms with van der Waals surface area (Å²) in [6.45, 7) is 2.56. The maximum Gasteiger partial charge on any atom is 0.235 e. The van der Waals surface area contributed by atoms with Gasteiger partial charge in [-0.15, -0.1) is 0 Å². The van der Waals surface area contributed by atoms with Gasteiger partial charge in [-0.2, -0.15) is 5.26 Å². The lowest BCUT2D eigenvalue weighted by Crippen LogP contribution is -2.41. The summed E-state index contributed by atoms with van der Waals surface area (Å²) in [5.41, 5.74) is 1.01. The van der Waals surface area contributed by atoms with Crippen LogP contribution in [0.1, 0.15) is 19.0 Å². The zero-order chi connectivity index (χ0) is 15.0. The summed E-state index contributed by atoms with van der Waals surface area (Å²) in [7, 11) is -3.24. The summed E-state index contributed by atoms with van der Waals surface area (Å²) < 4.78 is 26.0. The van der Waals surface area contributed by atoms with E-state index in [-0.39, 0.29) is 5.75 Å². The van der Waals surface area contributed by atoms with Gasteiger partial charge in [0.2, 0.25) is 10.0 Å². The van der Waals surface area contributed by atoms with Crippen LogP contribution in [0.2, 0.25) is 0 Å². The number of fused-ring (bicyclic) bond motifs is 1. The Bertz CT molecular complexity index is 840. The van der Waals surface area contributed by atoms with Gasteiger partial charge in [0.05, 0.1) is 11.4 Å². The van der Waals surface area contributed by atoms with Crippen molar-refractivity contribution in [2.45, 2.75) is 13.3 Å². The van der Waals surface area contributed by atoms with E-state index in [0.717, 1.165) is 10.8 Å². The fourth-order valence-electron chi connectivity index (χ4n) is 2.62. The molecule has 3 rings (SSSR count). The highest BCUT2D eigenvalue weighted by molar-refractivity contribution is 7.92. The van der Waals surface area contributed by atoms with Gasteiger partial charge in [-0.25, -0.2) is 13.4 Å². The number of nitrogens with zero attached hydrogens (tertiary/aromatic N) is 3. The molecular formula is C15H15N3O2S.